The molecule has 1 N–H and O–H groups in total. The van der Waals surface area contributed by atoms with Gasteiger partial charge in [-0.15, -0.1) is 0 Å². The van der Waals surface area contributed by atoms with Crippen LogP contribution in [0.15, 0.2) is 60.7 Å². The maximum absolute atomic E-state index is 12.8. The molecular formula is C19H21ClN2O2. The van der Waals surface area contributed by atoms with Crippen molar-refractivity contribution in [2.45, 2.75) is 17.6 Å². The second kappa shape index (κ2) is 6.93. The van der Waals surface area contributed by atoms with Crippen LogP contribution in [0.1, 0.15) is 22.3 Å². The van der Waals surface area contributed by atoms with Gasteiger partial charge >= 0.3 is 0 Å². The summed E-state index contributed by atoms with van der Waals surface area (Å²) >= 11 is 6.41. The van der Waals surface area contributed by atoms with Crippen molar-refractivity contribution in [3.05, 3.63) is 71.8 Å². The van der Waals surface area contributed by atoms with Gasteiger partial charge in [0.25, 0.3) is 5.91 Å². The lowest BCUT2D eigenvalue weighted by Gasteiger charge is -2.33. The first kappa shape index (κ1) is 17.0. The quantitative estimate of drug-likeness (QED) is 0.867. The van der Waals surface area contributed by atoms with Crippen molar-refractivity contribution in [3.8, 4) is 0 Å². The number of nitrogens with zero attached hydrogens (tertiary/aromatic N) is 2. The van der Waals surface area contributed by atoms with Crippen LogP contribution in [0, 0.1) is 0 Å². The van der Waals surface area contributed by atoms with Crippen molar-refractivity contribution < 1.29 is 9.90 Å². The number of likely N-dealkylation sites (N-methyl/N-ethyl adjacent to an activating group) is 1. The van der Waals surface area contributed by atoms with Crippen LogP contribution in [0.3, 0.4) is 0 Å². The molecule has 0 aliphatic carbocycles. The molecule has 0 aromatic heterocycles. The molecule has 0 radical (unpaired) electrons. The van der Waals surface area contributed by atoms with E-state index in [2.05, 4.69) is 4.90 Å². The number of halogens is 1. The van der Waals surface area contributed by atoms with Crippen molar-refractivity contribution >= 4 is 17.5 Å². The van der Waals surface area contributed by atoms with Crippen LogP contribution in [0.2, 0.25) is 0 Å². The summed E-state index contributed by atoms with van der Waals surface area (Å²) in [6.45, 7) is 1.38. The number of alkyl halides is 1. The molecule has 126 valence electrons. The molecule has 5 heteroatoms. The minimum Gasteiger partial charge on any atom is -0.371 e. The van der Waals surface area contributed by atoms with E-state index in [9.17, 15) is 9.90 Å². The first-order valence-electron chi connectivity index (χ1n) is 8.02. The Morgan fingerprint density at radius 3 is 2.33 bits per heavy atom. The summed E-state index contributed by atoms with van der Waals surface area (Å²) in [4.78, 5) is 16.6. The second-order valence-electron chi connectivity index (χ2n) is 6.16. The molecule has 1 fully saturated rings. The van der Waals surface area contributed by atoms with Crippen LogP contribution < -0.4 is 0 Å². The molecular weight excluding hydrogens is 324 g/mol. The molecule has 1 amide bonds. The number of hydrogen-bond donors (Lipinski definition) is 1. The van der Waals surface area contributed by atoms with E-state index in [1.165, 1.54) is 0 Å². The fraction of sp³-hybridized carbons (Fsp3) is 0.316. The van der Waals surface area contributed by atoms with Gasteiger partial charge < -0.3 is 10.0 Å². The molecule has 4 nitrogen and oxygen atoms in total. The normalized spacial score (nSPS) is 20.8. The second-order valence-corrected chi connectivity index (χ2v) is 6.78. The monoisotopic (exact) mass is 344 g/mol. The molecule has 1 saturated heterocycles. The van der Waals surface area contributed by atoms with Crippen LogP contribution in [0.4, 0.5) is 0 Å². The summed E-state index contributed by atoms with van der Waals surface area (Å²) in [5, 5.41) is 9.22. The van der Waals surface area contributed by atoms with E-state index in [0.29, 0.717) is 17.7 Å². The lowest BCUT2D eigenvalue weighted by molar-refractivity contribution is 0.0371. The van der Waals surface area contributed by atoms with E-state index in [1.54, 1.807) is 17.0 Å². The molecule has 2 aromatic carbocycles. The Kier molecular flexibility index (Phi) is 4.90. The van der Waals surface area contributed by atoms with Crippen LogP contribution in [0.5, 0.6) is 0 Å². The van der Waals surface area contributed by atoms with Crippen LogP contribution >= 0.6 is 11.6 Å². The minimum absolute atomic E-state index is 0.0366. The average Bonchev–Trinajstić information content (AvgIpc) is 2.96. The third-order valence-corrected chi connectivity index (χ3v) is 4.89. The highest BCUT2D eigenvalue weighted by molar-refractivity contribution is 6.22. The van der Waals surface area contributed by atoms with Crippen molar-refractivity contribution in [3.63, 3.8) is 0 Å². The SMILES string of the molecule is CN1CCN(C(=O)c2ccccc2)C1CC(O)(Cl)c1ccccc1. The van der Waals surface area contributed by atoms with Crippen molar-refractivity contribution in [1.82, 2.24) is 9.80 Å². The third-order valence-electron chi connectivity index (χ3n) is 4.51. The topological polar surface area (TPSA) is 43.8 Å². The Hall–Kier alpha value is -1.88. The van der Waals surface area contributed by atoms with Crippen molar-refractivity contribution in [2.75, 3.05) is 20.1 Å². The summed E-state index contributed by atoms with van der Waals surface area (Å²) in [6, 6.07) is 18.4. The number of aliphatic hydroxyl groups is 1. The summed E-state index contributed by atoms with van der Waals surface area (Å²) in [7, 11) is 1.95. The fourth-order valence-corrected chi connectivity index (χ4v) is 3.37. The number of hydrogen-bond acceptors (Lipinski definition) is 3. The highest BCUT2D eigenvalue weighted by Gasteiger charge is 2.40. The Balaban J connectivity index is 1.81. The smallest absolute Gasteiger partial charge is 0.255 e. The molecule has 2 atom stereocenters. The molecule has 2 aromatic rings. The standard InChI is InChI=1S/C19H21ClN2O2/c1-21-12-13-22(18(23)15-8-4-2-5-9-15)17(21)14-19(20,24)16-10-6-3-7-11-16/h2-11,17,24H,12-14H2,1H3. The van der Waals surface area contributed by atoms with Gasteiger partial charge in [-0.2, -0.15) is 0 Å². The molecule has 1 heterocycles. The lowest BCUT2D eigenvalue weighted by Crippen LogP contribution is -2.44. The van der Waals surface area contributed by atoms with Gasteiger partial charge in [0.2, 0.25) is 0 Å². The van der Waals surface area contributed by atoms with E-state index >= 15 is 0 Å². The van der Waals surface area contributed by atoms with Gasteiger partial charge in [0, 0.05) is 25.1 Å². The van der Waals surface area contributed by atoms with Gasteiger partial charge in [0.05, 0.1) is 6.17 Å². The lowest BCUT2D eigenvalue weighted by atomic mass is 10.0. The predicted molar refractivity (Wildman–Crippen MR) is 94.7 cm³/mol. The highest BCUT2D eigenvalue weighted by atomic mass is 35.5. The molecule has 2 unspecified atom stereocenters. The number of carbonyl (C=O) groups is 1. The molecule has 0 bridgehead atoms. The average molecular weight is 345 g/mol. The Bertz CT molecular complexity index is 691. The van der Waals surface area contributed by atoms with E-state index in [4.69, 9.17) is 11.6 Å². The summed E-state index contributed by atoms with van der Waals surface area (Å²) < 4.78 is 0. The molecule has 3 rings (SSSR count). The zero-order valence-electron chi connectivity index (χ0n) is 13.6. The van der Waals surface area contributed by atoms with Crippen LogP contribution in [-0.2, 0) is 5.06 Å². The summed E-state index contributed by atoms with van der Waals surface area (Å²) in [6.07, 6.45) is -0.00593. The summed E-state index contributed by atoms with van der Waals surface area (Å²) in [5.41, 5.74) is 1.29. The highest BCUT2D eigenvalue weighted by Crippen LogP contribution is 2.34. The van der Waals surface area contributed by atoms with E-state index in [1.807, 2.05) is 55.6 Å². The molecule has 24 heavy (non-hydrogen) atoms. The van der Waals surface area contributed by atoms with Gasteiger partial charge in [-0.25, -0.2) is 0 Å². The predicted octanol–water partition coefficient (Wildman–Crippen LogP) is 2.87. The van der Waals surface area contributed by atoms with Gasteiger partial charge in [-0.05, 0) is 24.7 Å². The van der Waals surface area contributed by atoms with Crippen molar-refractivity contribution in [2.24, 2.45) is 0 Å². The Morgan fingerprint density at radius 1 is 1.12 bits per heavy atom. The van der Waals surface area contributed by atoms with Gasteiger partial charge in [-0.3, -0.25) is 9.69 Å². The third kappa shape index (κ3) is 3.46. The Morgan fingerprint density at radius 2 is 1.71 bits per heavy atom. The first-order valence-corrected chi connectivity index (χ1v) is 8.40. The number of rotatable bonds is 4. The van der Waals surface area contributed by atoms with Gasteiger partial charge in [0.15, 0.2) is 5.06 Å². The number of amides is 1. The molecule has 0 spiro atoms. The zero-order chi connectivity index (χ0) is 17.2. The van der Waals surface area contributed by atoms with Crippen LogP contribution in [0.25, 0.3) is 0 Å². The minimum atomic E-state index is -1.51. The number of benzene rings is 2. The largest absolute Gasteiger partial charge is 0.371 e. The Labute approximate surface area is 147 Å². The summed E-state index contributed by atoms with van der Waals surface area (Å²) in [5.74, 6) is -0.0366. The van der Waals surface area contributed by atoms with Crippen LogP contribution in [-0.4, -0.2) is 47.1 Å². The maximum Gasteiger partial charge on any atom is 0.255 e. The first-order chi connectivity index (χ1) is 11.5. The molecule has 0 saturated carbocycles. The number of carbonyl (C=O) groups excluding carboxylic acids is 1. The van der Waals surface area contributed by atoms with E-state index in [0.717, 1.165) is 6.54 Å². The zero-order valence-corrected chi connectivity index (χ0v) is 14.4. The molecule has 1 aliphatic rings. The van der Waals surface area contributed by atoms with Crippen molar-refractivity contribution in [1.29, 1.82) is 0 Å². The van der Waals surface area contributed by atoms with Gasteiger partial charge in [0.1, 0.15) is 0 Å². The van der Waals surface area contributed by atoms with Gasteiger partial charge in [-0.1, -0.05) is 60.1 Å². The van der Waals surface area contributed by atoms with E-state index in [-0.39, 0.29) is 18.5 Å². The van der Waals surface area contributed by atoms with E-state index < -0.39 is 5.06 Å². The fourth-order valence-electron chi connectivity index (χ4n) is 3.10. The maximum atomic E-state index is 12.8. The molecule has 1 aliphatic heterocycles.